The zero-order chi connectivity index (χ0) is 28.7. The van der Waals surface area contributed by atoms with Crippen molar-refractivity contribution < 1.29 is 4.92 Å². The van der Waals surface area contributed by atoms with Crippen LogP contribution in [0.4, 0.5) is 11.4 Å². The highest BCUT2D eigenvalue weighted by molar-refractivity contribution is 5.72. The molecule has 0 fully saturated rings. The second-order valence-corrected chi connectivity index (χ2v) is 11.0. The zero-order valence-electron chi connectivity index (χ0n) is 24.8. The maximum Gasteiger partial charge on any atom is 0.287 e. The number of nitrogens with zero attached hydrogens (tertiary/aromatic N) is 2. The summed E-state index contributed by atoms with van der Waals surface area (Å²) in [5, 5.41) is 23.6. The van der Waals surface area contributed by atoms with Crippen LogP contribution < -0.4 is 5.32 Å². The normalized spacial score (nSPS) is 11.1. The fraction of sp³-hybridized carbons (Fsp3) is 0.571. The van der Waals surface area contributed by atoms with Crippen molar-refractivity contribution in [3.05, 3.63) is 69.3 Å². The molecule has 0 saturated heterocycles. The van der Waals surface area contributed by atoms with Gasteiger partial charge in [0.2, 0.25) is 0 Å². The van der Waals surface area contributed by atoms with Gasteiger partial charge in [0.1, 0.15) is 11.6 Å². The molecule has 0 aliphatic rings. The van der Waals surface area contributed by atoms with Crippen molar-refractivity contribution in [1.29, 1.82) is 5.26 Å². The van der Waals surface area contributed by atoms with Crippen molar-refractivity contribution >= 4 is 23.5 Å². The van der Waals surface area contributed by atoms with E-state index < -0.39 is 4.92 Å². The van der Waals surface area contributed by atoms with Gasteiger partial charge in [0, 0.05) is 18.3 Å². The van der Waals surface area contributed by atoms with Crippen LogP contribution in [-0.2, 0) is 0 Å². The lowest BCUT2D eigenvalue weighted by atomic mass is 10.0. The summed E-state index contributed by atoms with van der Waals surface area (Å²) in [7, 11) is 0. The predicted molar refractivity (Wildman–Crippen MR) is 170 cm³/mol. The molecule has 2 aromatic rings. The Morgan fingerprint density at radius 2 is 1.15 bits per heavy atom. The summed E-state index contributed by atoms with van der Waals surface area (Å²) in [5.41, 5.74) is 2.83. The van der Waals surface area contributed by atoms with Gasteiger partial charge in [-0.05, 0) is 41.8 Å². The lowest BCUT2D eigenvalue weighted by Crippen LogP contribution is -2.01. The fourth-order valence-electron chi connectivity index (χ4n) is 5.07. The summed E-state index contributed by atoms with van der Waals surface area (Å²) in [6.45, 7) is 3.28. The molecular formula is C35H51N3O2. The topological polar surface area (TPSA) is 79.0 Å². The Morgan fingerprint density at radius 3 is 1.62 bits per heavy atom. The van der Waals surface area contributed by atoms with Crippen LogP contribution in [0.2, 0.25) is 0 Å². The minimum absolute atomic E-state index is 0.0753. The van der Waals surface area contributed by atoms with E-state index in [4.69, 9.17) is 5.26 Å². The third-order valence-electron chi connectivity index (χ3n) is 7.58. The second kappa shape index (κ2) is 21.7. The molecule has 0 aliphatic carbocycles. The highest BCUT2D eigenvalue weighted by Gasteiger charge is 2.12. The monoisotopic (exact) mass is 545 g/mol. The number of nitriles is 1. The number of unbranched alkanes of at least 4 members (excludes halogenated alkanes) is 17. The van der Waals surface area contributed by atoms with Crippen molar-refractivity contribution in [2.45, 2.75) is 122 Å². The number of hydrogen-bond donors (Lipinski definition) is 1. The van der Waals surface area contributed by atoms with Crippen LogP contribution in [0.15, 0.2) is 42.5 Å². The van der Waals surface area contributed by atoms with Gasteiger partial charge >= 0.3 is 0 Å². The molecule has 5 heteroatoms. The van der Waals surface area contributed by atoms with E-state index in [1.807, 2.05) is 30.4 Å². The fourth-order valence-corrected chi connectivity index (χ4v) is 5.07. The number of hydrogen-bond acceptors (Lipinski definition) is 4. The third-order valence-corrected chi connectivity index (χ3v) is 7.58. The molecule has 218 valence electrons. The summed E-state index contributed by atoms with van der Waals surface area (Å²) in [5.74, 6) is 0. The minimum atomic E-state index is -0.529. The van der Waals surface area contributed by atoms with E-state index in [1.165, 1.54) is 122 Å². The van der Waals surface area contributed by atoms with Crippen molar-refractivity contribution in [2.75, 3.05) is 11.9 Å². The minimum Gasteiger partial charge on any atom is -0.385 e. The molecule has 2 rings (SSSR count). The van der Waals surface area contributed by atoms with Crippen LogP contribution in [0.3, 0.4) is 0 Å². The van der Waals surface area contributed by atoms with Crippen LogP contribution >= 0.6 is 0 Å². The van der Waals surface area contributed by atoms with Crippen LogP contribution in [0, 0.1) is 21.4 Å². The van der Waals surface area contributed by atoms with Crippen molar-refractivity contribution in [3.8, 4) is 6.07 Å². The molecular weight excluding hydrogens is 494 g/mol. The number of anilines is 1. The van der Waals surface area contributed by atoms with E-state index in [2.05, 4.69) is 24.4 Å². The molecule has 2 aromatic carbocycles. The van der Waals surface area contributed by atoms with Gasteiger partial charge in [-0.25, -0.2) is 0 Å². The van der Waals surface area contributed by atoms with Crippen LogP contribution in [0.1, 0.15) is 139 Å². The molecule has 0 radical (unpaired) electrons. The first-order valence-corrected chi connectivity index (χ1v) is 15.8. The molecule has 0 amide bonds. The van der Waals surface area contributed by atoms with Gasteiger partial charge < -0.3 is 5.32 Å². The molecule has 0 aliphatic heterocycles. The van der Waals surface area contributed by atoms with Gasteiger partial charge in [-0.1, -0.05) is 140 Å². The smallest absolute Gasteiger partial charge is 0.287 e. The Morgan fingerprint density at radius 1 is 0.700 bits per heavy atom. The van der Waals surface area contributed by atoms with Crippen molar-refractivity contribution in [2.24, 2.45) is 0 Å². The SMILES string of the molecule is CCCCCCCCCCCCCCCCCCCCNc1ccc(C=Cc2ccc([N+](=O)[O-])c(C#N)c2)cc1. The number of nitrogens with one attached hydrogen (secondary N) is 1. The Balaban J connectivity index is 1.44. The Kier molecular flexibility index (Phi) is 17.9. The van der Waals surface area contributed by atoms with E-state index in [9.17, 15) is 10.1 Å². The second-order valence-electron chi connectivity index (χ2n) is 11.0. The van der Waals surface area contributed by atoms with Gasteiger partial charge in [0.25, 0.3) is 5.69 Å². The largest absolute Gasteiger partial charge is 0.385 e. The van der Waals surface area contributed by atoms with Crippen molar-refractivity contribution in [1.82, 2.24) is 0 Å². The molecule has 1 N–H and O–H groups in total. The Hall–Kier alpha value is -3.13. The molecule has 0 saturated carbocycles. The average molecular weight is 546 g/mol. The Bertz CT molecular complexity index is 1020. The van der Waals surface area contributed by atoms with Gasteiger partial charge in [0.15, 0.2) is 0 Å². The first kappa shape index (κ1) is 33.1. The highest BCUT2D eigenvalue weighted by atomic mass is 16.6. The Labute approximate surface area is 243 Å². The summed E-state index contributed by atoms with van der Waals surface area (Å²) in [4.78, 5) is 10.5. The highest BCUT2D eigenvalue weighted by Crippen LogP contribution is 2.21. The quantitative estimate of drug-likeness (QED) is 0.0651. The lowest BCUT2D eigenvalue weighted by Gasteiger charge is -2.07. The number of nitro benzene ring substituents is 1. The molecule has 0 heterocycles. The van der Waals surface area contributed by atoms with Crippen LogP contribution in [0.25, 0.3) is 12.2 Å². The summed E-state index contributed by atoms with van der Waals surface area (Å²) in [6, 6.07) is 14.7. The van der Waals surface area contributed by atoms with E-state index in [1.54, 1.807) is 12.1 Å². The standard InChI is InChI=1S/C35H51N3O2/c1-2-3-4-5-6-7-8-9-10-11-12-13-14-15-16-17-18-19-28-37-34-25-22-31(23-26-34)20-21-32-24-27-35(38(39)40)33(29-32)30-36/h20-27,29,37H,2-19,28H2,1H3. The van der Waals surface area contributed by atoms with Crippen molar-refractivity contribution in [3.63, 3.8) is 0 Å². The maximum atomic E-state index is 11.0. The third kappa shape index (κ3) is 14.9. The molecule has 0 bridgehead atoms. The van der Waals surface area contributed by atoms with Gasteiger partial charge in [0.05, 0.1) is 4.92 Å². The number of benzene rings is 2. The van der Waals surface area contributed by atoms with E-state index in [0.29, 0.717) is 0 Å². The molecule has 40 heavy (non-hydrogen) atoms. The average Bonchev–Trinajstić information content (AvgIpc) is 2.97. The maximum absolute atomic E-state index is 11.0. The molecule has 0 unspecified atom stereocenters. The van der Waals surface area contributed by atoms with Gasteiger partial charge in [-0.15, -0.1) is 0 Å². The van der Waals surface area contributed by atoms with E-state index in [0.717, 1.165) is 23.4 Å². The predicted octanol–water partition coefficient (Wildman–Crippen LogP) is 11.1. The molecule has 5 nitrogen and oxygen atoms in total. The van der Waals surface area contributed by atoms with Crippen LogP contribution in [-0.4, -0.2) is 11.5 Å². The summed E-state index contributed by atoms with van der Waals surface area (Å²) < 4.78 is 0. The van der Waals surface area contributed by atoms with E-state index >= 15 is 0 Å². The van der Waals surface area contributed by atoms with E-state index in [-0.39, 0.29) is 11.3 Å². The number of rotatable bonds is 23. The summed E-state index contributed by atoms with van der Waals surface area (Å²) in [6.07, 6.45) is 28.9. The van der Waals surface area contributed by atoms with Gasteiger partial charge in [-0.2, -0.15) is 5.26 Å². The molecule has 0 spiro atoms. The zero-order valence-corrected chi connectivity index (χ0v) is 24.8. The molecule has 0 aromatic heterocycles. The number of nitro groups is 1. The van der Waals surface area contributed by atoms with Gasteiger partial charge in [-0.3, -0.25) is 10.1 Å². The first-order chi connectivity index (χ1) is 19.6. The summed E-state index contributed by atoms with van der Waals surface area (Å²) >= 11 is 0. The van der Waals surface area contributed by atoms with Crippen LogP contribution in [0.5, 0.6) is 0 Å². The molecule has 0 atom stereocenters. The first-order valence-electron chi connectivity index (χ1n) is 15.8. The lowest BCUT2D eigenvalue weighted by molar-refractivity contribution is -0.385.